The maximum atomic E-state index is 12.4. The average Bonchev–Trinajstić information content (AvgIpc) is 2.36. The van der Waals surface area contributed by atoms with Crippen molar-refractivity contribution in [2.24, 2.45) is 0 Å². The van der Waals surface area contributed by atoms with E-state index in [1.165, 1.54) is 4.31 Å². The third-order valence-electron chi connectivity index (χ3n) is 3.93. The van der Waals surface area contributed by atoms with Crippen molar-refractivity contribution in [3.8, 4) is 0 Å². The Balaban J connectivity index is 1.80. The van der Waals surface area contributed by atoms with Gasteiger partial charge in [-0.05, 0) is 27.7 Å². The van der Waals surface area contributed by atoms with E-state index in [1.54, 1.807) is 0 Å². The van der Waals surface area contributed by atoms with E-state index in [0.717, 1.165) is 13.1 Å². The monoisotopic (exact) mass is 335 g/mol. The Morgan fingerprint density at radius 2 is 1.36 bits per heavy atom. The molecule has 2 saturated heterocycles. The van der Waals surface area contributed by atoms with Crippen molar-refractivity contribution in [3.05, 3.63) is 0 Å². The molecular formula is C14H29N3O4S. The molecule has 0 aromatic heterocycles. The fourth-order valence-corrected chi connectivity index (χ4v) is 4.56. The normalized spacial score (nSPS) is 35.6. The van der Waals surface area contributed by atoms with Crippen LogP contribution in [0, 0.1) is 0 Å². The second-order valence-corrected chi connectivity index (χ2v) is 8.25. The quantitative estimate of drug-likeness (QED) is 0.768. The summed E-state index contributed by atoms with van der Waals surface area (Å²) in [5.41, 5.74) is 0. The molecule has 0 amide bonds. The summed E-state index contributed by atoms with van der Waals surface area (Å²) < 4.78 is 40.2. The van der Waals surface area contributed by atoms with Gasteiger partial charge in [0.05, 0.1) is 24.4 Å². The van der Waals surface area contributed by atoms with Crippen LogP contribution in [0.25, 0.3) is 0 Å². The van der Waals surface area contributed by atoms with Crippen LogP contribution in [0.3, 0.4) is 0 Å². The van der Waals surface area contributed by atoms with Crippen molar-refractivity contribution in [2.75, 3.05) is 39.3 Å². The fourth-order valence-electron chi connectivity index (χ4n) is 3.22. The van der Waals surface area contributed by atoms with Gasteiger partial charge in [-0.15, -0.1) is 0 Å². The molecule has 2 aliphatic rings. The second kappa shape index (κ2) is 7.55. The van der Waals surface area contributed by atoms with E-state index in [1.807, 2.05) is 27.7 Å². The highest BCUT2D eigenvalue weighted by Crippen LogP contribution is 2.14. The summed E-state index contributed by atoms with van der Waals surface area (Å²) >= 11 is 0. The molecule has 2 heterocycles. The first-order valence-electron chi connectivity index (χ1n) is 8.04. The number of hydrogen-bond acceptors (Lipinski definition) is 5. The summed E-state index contributed by atoms with van der Waals surface area (Å²) in [7, 11) is -3.43. The van der Waals surface area contributed by atoms with Crippen LogP contribution in [-0.2, 0) is 19.7 Å². The van der Waals surface area contributed by atoms with Gasteiger partial charge in [-0.2, -0.15) is 12.7 Å². The summed E-state index contributed by atoms with van der Waals surface area (Å²) in [5.74, 6) is 0. The third kappa shape index (κ3) is 5.14. The first kappa shape index (κ1) is 18.1. The van der Waals surface area contributed by atoms with Crippen LogP contribution < -0.4 is 4.72 Å². The van der Waals surface area contributed by atoms with Crippen LogP contribution in [-0.4, -0.2) is 81.3 Å². The molecule has 8 heteroatoms. The van der Waals surface area contributed by atoms with Gasteiger partial charge in [-0.1, -0.05) is 0 Å². The summed E-state index contributed by atoms with van der Waals surface area (Å²) in [6, 6.07) is 0. The summed E-state index contributed by atoms with van der Waals surface area (Å²) in [6.07, 6.45) is 0.255. The number of hydrogen-bond donors (Lipinski definition) is 1. The molecule has 0 spiro atoms. The van der Waals surface area contributed by atoms with Gasteiger partial charge in [0.25, 0.3) is 10.2 Å². The van der Waals surface area contributed by atoms with E-state index >= 15 is 0 Å². The molecule has 2 fully saturated rings. The number of nitrogens with zero attached hydrogens (tertiary/aromatic N) is 2. The lowest BCUT2D eigenvalue weighted by Gasteiger charge is -2.36. The molecule has 0 saturated carbocycles. The lowest BCUT2D eigenvalue weighted by Crippen LogP contribution is -2.53. The summed E-state index contributed by atoms with van der Waals surface area (Å²) in [5, 5.41) is 0. The van der Waals surface area contributed by atoms with Gasteiger partial charge in [0.1, 0.15) is 0 Å². The zero-order valence-electron chi connectivity index (χ0n) is 14.0. The Kier molecular flexibility index (Phi) is 6.21. The van der Waals surface area contributed by atoms with E-state index in [9.17, 15) is 8.42 Å². The minimum absolute atomic E-state index is 0.0683. The van der Waals surface area contributed by atoms with Crippen LogP contribution in [0.15, 0.2) is 0 Å². The number of morpholine rings is 2. The van der Waals surface area contributed by atoms with Gasteiger partial charge in [-0.3, -0.25) is 4.90 Å². The van der Waals surface area contributed by atoms with Crippen molar-refractivity contribution in [1.29, 1.82) is 0 Å². The molecule has 0 radical (unpaired) electrons. The van der Waals surface area contributed by atoms with E-state index < -0.39 is 10.2 Å². The summed E-state index contributed by atoms with van der Waals surface area (Å²) in [4.78, 5) is 2.24. The Morgan fingerprint density at radius 3 is 1.86 bits per heavy atom. The Bertz CT molecular complexity index is 439. The average molecular weight is 335 g/mol. The van der Waals surface area contributed by atoms with Gasteiger partial charge < -0.3 is 9.47 Å². The molecule has 0 aliphatic carbocycles. The lowest BCUT2D eigenvalue weighted by molar-refractivity contribution is -0.0672. The van der Waals surface area contributed by atoms with Crippen LogP contribution in [0.5, 0.6) is 0 Å². The molecule has 4 atom stereocenters. The van der Waals surface area contributed by atoms with E-state index in [-0.39, 0.29) is 24.4 Å². The van der Waals surface area contributed by atoms with E-state index in [4.69, 9.17) is 9.47 Å². The van der Waals surface area contributed by atoms with Crippen molar-refractivity contribution in [1.82, 2.24) is 13.9 Å². The SMILES string of the molecule is CC1CN(CCNS(=O)(=O)N2CC(C)OC(C)C2)CC(C)O1. The topological polar surface area (TPSA) is 71.1 Å². The zero-order valence-corrected chi connectivity index (χ0v) is 14.8. The maximum Gasteiger partial charge on any atom is 0.279 e. The van der Waals surface area contributed by atoms with Crippen molar-refractivity contribution < 1.29 is 17.9 Å². The highest BCUT2D eigenvalue weighted by molar-refractivity contribution is 7.87. The number of rotatable bonds is 5. The van der Waals surface area contributed by atoms with Crippen LogP contribution >= 0.6 is 0 Å². The first-order valence-corrected chi connectivity index (χ1v) is 9.48. The highest BCUT2D eigenvalue weighted by Gasteiger charge is 2.31. The Labute approximate surface area is 134 Å². The molecule has 22 heavy (non-hydrogen) atoms. The third-order valence-corrected chi connectivity index (χ3v) is 5.48. The fraction of sp³-hybridized carbons (Fsp3) is 1.00. The smallest absolute Gasteiger partial charge is 0.279 e. The molecule has 7 nitrogen and oxygen atoms in total. The van der Waals surface area contributed by atoms with Crippen LogP contribution in [0.2, 0.25) is 0 Å². The molecule has 0 bridgehead atoms. The maximum absolute atomic E-state index is 12.4. The highest BCUT2D eigenvalue weighted by atomic mass is 32.2. The molecule has 1 N–H and O–H groups in total. The van der Waals surface area contributed by atoms with Crippen molar-refractivity contribution >= 4 is 10.2 Å². The molecule has 130 valence electrons. The first-order chi connectivity index (χ1) is 10.3. The molecular weight excluding hydrogens is 306 g/mol. The minimum Gasteiger partial charge on any atom is -0.373 e. The van der Waals surface area contributed by atoms with Crippen LogP contribution in [0.4, 0.5) is 0 Å². The minimum atomic E-state index is -3.43. The van der Waals surface area contributed by atoms with Gasteiger partial charge in [0.15, 0.2) is 0 Å². The van der Waals surface area contributed by atoms with E-state index in [0.29, 0.717) is 26.2 Å². The number of ether oxygens (including phenoxy) is 2. The second-order valence-electron chi connectivity index (χ2n) is 6.49. The zero-order chi connectivity index (χ0) is 16.3. The van der Waals surface area contributed by atoms with Gasteiger partial charge >= 0.3 is 0 Å². The van der Waals surface area contributed by atoms with Crippen molar-refractivity contribution in [3.63, 3.8) is 0 Å². The Morgan fingerprint density at radius 1 is 0.909 bits per heavy atom. The lowest BCUT2D eigenvalue weighted by atomic mass is 10.2. The van der Waals surface area contributed by atoms with E-state index in [2.05, 4.69) is 9.62 Å². The molecule has 2 aliphatic heterocycles. The predicted octanol–water partition coefficient (Wildman–Crippen LogP) is 0.0392. The largest absolute Gasteiger partial charge is 0.373 e. The van der Waals surface area contributed by atoms with Gasteiger partial charge in [0, 0.05) is 39.3 Å². The number of nitrogens with one attached hydrogen (secondary N) is 1. The van der Waals surface area contributed by atoms with Crippen molar-refractivity contribution in [2.45, 2.75) is 52.1 Å². The summed E-state index contributed by atoms with van der Waals surface area (Å²) in [6.45, 7) is 11.5. The molecule has 0 aromatic carbocycles. The molecule has 2 rings (SSSR count). The predicted molar refractivity (Wildman–Crippen MR) is 85.0 cm³/mol. The van der Waals surface area contributed by atoms with Gasteiger partial charge in [0.2, 0.25) is 0 Å². The molecule has 0 aromatic rings. The van der Waals surface area contributed by atoms with Gasteiger partial charge in [-0.25, -0.2) is 4.72 Å². The Hall–Kier alpha value is -0.250. The standard InChI is InChI=1S/C14H29N3O4S/c1-11-7-16(8-12(2)20-11)6-5-15-22(18,19)17-9-13(3)21-14(4)10-17/h11-15H,5-10H2,1-4H3. The molecule has 4 unspecified atom stereocenters. The van der Waals surface area contributed by atoms with Crippen LogP contribution in [0.1, 0.15) is 27.7 Å².